The van der Waals surface area contributed by atoms with Gasteiger partial charge in [-0.05, 0) is 12.8 Å². The SMILES string of the molecule is C=CC1NCC2CCC1N2C(=O)O. The lowest BCUT2D eigenvalue weighted by Crippen LogP contribution is -2.58. The molecule has 2 bridgehead atoms. The van der Waals surface area contributed by atoms with Crippen LogP contribution in [0.2, 0.25) is 0 Å². The van der Waals surface area contributed by atoms with E-state index in [0.717, 1.165) is 19.4 Å². The van der Waals surface area contributed by atoms with Crippen molar-refractivity contribution in [3.8, 4) is 0 Å². The number of hydrogen-bond acceptors (Lipinski definition) is 2. The molecule has 3 unspecified atom stereocenters. The molecule has 0 spiro atoms. The number of nitrogens with zero attached hydrogens (tertiary/aromatic N) is 1. The standard InChI is InChI=1S/C9H14N2O2/c1-2-7-8-4-3-6(5-10-7)11(8)9(12)13/h2,6-8,10H,1,3-5H2,(H,12,13). The molecule has 2 aliphatic rings. The summed E-state index contributed by atoms with van der Waals surface area (Å²) in [6, 6.07) is 0.419. The molecule has 2 rings (SSSR count). The van der Waals surface area contributed by atoms with Crippen LogP contribution < -0.4 is 5.32 Å². The quantitative estimate of drug-likeness (QED) is 0.585. The number of piperazine rings is 1. The van der Waals surface area contributed by atoms with Crippen LogP contribution >= 0.6 is 0 Å². The topological polar surface area (TPSA) is 52.6 Å². The van der Waals surface area contributed by atoms with Crippen LogP contribution in [0, 0.1) is 0 Å². The zero-order chi connectivity index (χ0) is 9.42. The second kappa shape index (κ2) is 3.03. The van der Waals surface area contributed by atoms with Crippen molar-refractivity contribution in [2.45, 2.75) is 31.0 Å². The summed E-state index contributed by atoms with van der Waals surface area (Å²) >= 11 is 0. The Balaban J connectivity index is 2.20. The normalized spacial score (nSPS) is 37.5. The molecule has 0 aromatic carbocycles. The van der Waals surface area contributed by atoms with Crippen LogP contribution in [0.3, 0.4) is 0 Å². The number of fused-ring (bicyclic) bond motifs is 2. The molecule has 2 fully saturated rings. The number of nitrogens with one attached hydrogen (secondary N) is 1. The van der Waals surface area contributed by atoms with Crippen LogP contribution in [-0.2, 0) is 0 Å². The van der Waals surface area contributed by atoms with E-state index in [1.54, 1.807) is 4.90 Å². The fourth-order valence-electron chi connectivity index (χ4n) is 2.41. The summed E-state index contributed by atoms with van der Waals surface area (Å²) in [5.74, 6) is 0. The molecule has 72 valence electrons. The number of carboxylic acid groups (broad SMARTS) is 1. The molecule has 3 atom stereocenters. The van der Waals surface area contributed by atoms with Crippen LogP contribution in [0.15, 0.2) is 12.7 Å². The molecule has 13 heavy (non-hydrogen) atoms. The molecule has 2 heterocycles. The van der Waals surface area contributed by atoms with Crippen molar-refractivity contribution in [1.82, 2.24) is 10.2 Å². The maximum Gasteiger partial charge on any atom is 0.407 e. The smallest absolute Gasteiger partial charge is 0.407 e. The van der Waals surface area contributed by atoms with Gasteiger partial charge in [0.15, 0.2) is 0 Å². The summed E-state index contributed by atoms with van der Waals surface area (Å²) in [6.07, 6.45) is 2.96. The van der Waals surface area contributed by atoms with Gasteiger partial charge in [0, 0.05) is 18.6 Å². The van der Waals surface area contributed by atoms with E-state index in [2.05, 4.69) is 11.9 Å². The number of rotatable bonds is 1. The lowest BCUT2D eigenvalue weighted by atomic mass is 10.1. The predicted molar refractivity (Wildman–Crippen MR) is 48.7 cm³/mol. The fraction of sp³-hybridized carbons (Fsp3) is 0.667. The minimum atomic E-state index is -0.791. The Morgan fingerprint density at radius 3 is 3.00 bits per heavy atom. The molecule has 0 aromatic heterocycles. The second-order valence-electron chi connectivity index (χ2n) is 3.66. The molecule has 2 saturated heterocycles. The zero-order valence-corrected chi connectivity index (χ0v) is 7.44. The van der Waals surface area contributed by atoms with E-state index in [-0.39, 0.29) is 18.1 Å². The van der Waals surface area contributed by atoms with Gasteiger partial charge in [0.2, 0.25) is 0 Å². The first-order valence-electron chi connectivity index (χ1n) is 4.61. The molecule has 4 nitrogen and oxygen atoms in total. The molecule has 0 saturated carbocycles. The average Bonchev–Trinajstić information content (AvgIpc) is 2.42. The highest BCUT2D eigenvalue weighted by atomic mass is 16.4. The molecule has 0 aliphatic carbocycles. The van der Waals surface area contributed by atoms with Gasteiger partial charge in [-0.25, -0.2) is 4.79 Å². The van der Waals surface area contributed by atoms with Crippen molar-refractivity contribution in [3.05, 3.63) is 12.7 Å². The third-order valence-electron chi connectivity index (χ3n) is 3.02. The van der Waals surface area contributed by atoms with Gasteiger partial charge >= 0.3 is 6.09 Å². The van der Waals surface area contributed by atoms with Crippen molar-refractivity contribution in [2.24, 2.45) is 0 Å². The maximum atomic E-state index is 10.9. The molecule has 0 radical (unpaired) electrons. The Kier molecular flexibility index (Phi) is 2.00. The fourth-order valence-corrected chi connectivity index (χ4v) is 2.41. The summed E-state index contributed by atoms with van der Waals surface area (Å²) in [4.78, 5) is 12.5. The number of hydrogen-bond donors (Lipinski definition) is 2. The van der Waals surface area contributed by atoms with Crippen molar-refractivity contribution >= 4 is 6.09 Å². The third-order valence-corrected chi connectivity index (χ3v) is 3.02. The summed E-state index contributed by atoms with van der Waals surface area (Å²) < 4.78 is 0. The molecule has 2 N–H and O–H groups in total. The first-order chi connectivity index (χ1) is 6.24. The van der Waals surface area contributed by atoms with E-state index < -0.39 is 6.09 Å². The Bertz CT molecular complexity index is 242. The van der Waals surface area contributed by atoms with Crippen LogP contribution in [0.25, 0.3) is 0 Å². The van der Waals surface area contributed by atoms with Crippen LogP contribution in [0.4, 0.5) is 4.79 Å². The second-order valence-corrected chi connectivity index (χ2v) is 3.66. The minimum Gasteiger partial charge on any atom is -0.465 e. The van der Waals surface area contributed by atoms with Crippen molar-refractivity contribution in [3.63, 3.8) is 0 Å². The van der Waals surface area contributed by atoms with E-state index in [4.69, 9.17) is 5.11 Å². The van der Waals surface area contributed by atoms with E-state index in [0.29, 0.717) is 0 Å². The summed E-state index contributed by atoms with van der Waals surface area (Å²) in [5.41, 5.74) is 0. The lowest BCUT2D eigenvalue weighted by molar-refractivity contribution is 0.0990. The van der Waals surface area contributed by atoms with Gasteiger partial charge in [-0.2, -0.15) is 0 Å². The summed E-state index contributed by atoms with van der Waals surface area (Å²) in [6.45, 7) is 4.48. The first-order valence-corrected chi connectivity index (χ1v) is 4.61. The number of amides is 1. The van der Waals surface area contributed by atoms with Gasteiger partial charge in [0.25, 0.3) is 0 Å². The molecule has 2 aliphatic heterocycles. The Morgan fingerprint density at radius 2 is 2.38 bits per heavy atom. The maximum absolute atomic E-state index is 10.9. The Morgan fingerprint density at radius 1 is 1.62 bits per heavy atom. The van der Waals surface area contributed by atoms with Gasteiger partial charge in [-0.15, -0.1) is 6.58 Å². The van der Waals surface area contributed by atoms with Gasteiger partial charge in [0.05, 0.1) is 6.04 Å². The van der Waals surface area contributed by atoms with Gasteiger partial charge < -0.3 is 10.4 Å². The zero-order valence-electron chi connectivity index (χ0n) is 7.44. The van der Waals surface area contributed by atoms with Crippen LogP contribution in [0.1, 0.15) is 12.8 Å². The molecule has 0 aromatic rings. The van der Waals surface area contributed by atoms with Crippen molar-refractivity contribution < 1.29 is 9.90 Å². The highest BCUT2D eigenvalue weighted by molar-refractivity contribution is 5.67. The Labute approximate surface area is 77.2 Å². The molecule has 1 amide bonds. The minimum absolute atomic E-state index is 0.105. The van der Waals surface area contributed by atoms with Crippen molar-refractivity contribution in [2.75, 3.05) is 6.54 Å². The summed E-state index contributed by atoms with van der Waals surface area (Å²) in [5, 5.41) is 12.3. The first kappa shape index (κ1) is 8.56. The van der Waals surface area contributed by atoms with E-state index in [9.17, 15) is 4.79 Å². The summed E-state index contributed by atoms with van der Waals surface area (Å²) in [7, 11) is 0. The van der Waals surface area contributed by atoms with Gasteiger partial charge in [-0.3, -0.25) is 4.90 Å². The van der Waals surface area contributed by atoms with E-state index in [1.165, 1.54) is 0 Å². The van der Waals surface area contributed by atoms with E-state index >= 15 is 0 Å². The lowest BCUT2D eigenvalue weighted by Gasteiger charge is -2.37. The molecule has 4 heteroatoms. The van der Waals surface area contributed by atoms with Crippen LogP contribution in [-0.4, -0.2) is 40.8 Å². The van der Waals surface area contributed by atoms with Gasteiger partial charge in [0.1, 0.15) is 0 Å². The predicted octanol–water partition coefficient (Wildman–Crippen LogP) is 0.655. The Hall–Kier alpha value is -1.03. The average molecular weight is 182 g/mol. The highest BCUT2D eigenvalue weighted by Gasteiger charge is 2.43. The largest absolute Gasteiger partial charge is 0.465 e. The van der Waals surface area contributed by atoms with Crippen molar-refractivity contribution in [1.29, 1.82) is 0 Å². The highest BCUT2D eigenvalue weighted by Crippen LogP contribution is 2.29. The van der Waals surface area contributed by atoms with Crippen LogP contribution in [0.5, 0.6) is 0 Å². The molecular weight excluding hydrogens is 168 g/mol. The monoisotopic (exact) mass is 182 g/mol. The molecular formula is C9H14N2O2. The van der Waals surface area contributed by atoms with Gasteiger partial charge in [-0.1, -0.05) is 6.08 Å². The number of carbonyl (C=O) groups is 1. The third kappa shape index (κ3) is 1.21. The van der Waals surface area contributed by atoms with E-state index in [1.807, 2.05) is 6.08 Å².